The zero-order valence-corrected chi connectivity index (χ0v) is 7.39. The highest BCUT2D eigenvalue weighted by molar-refractivity contribution is 5.69. The van der Waals surface area contributed by atoms with Gasteiger partial charge in [0.15, 0.2) is 0 Å². The molecule has 0 aliphatic carbocycles. The SMILES string of the molecule is CN(C)C(=O)Oc1cc(N)ncn1. The molecular formula is C7H10N4O2. The van der Waals surface area contributed by atoms with Crippen molar-refractivity contribution in [1.29, 1.82) is 0 Å². The molecule has 0 saturated heterocycles. The summed E-state index contributed by atoms with van der Waals surface area (Å²) in [6, 6.07) is 1.38. The lowest BCUT2D eigenvalue weighted by molar-refractivity contribution is 0.170. The summed E-state index contributed by atoms with van der Waals surface area (Å²) in [6.07, 6.45) is 0.728. The minimum Gasteiger partial charge on any atom is -0.391 e. The van der Waals surface area contributed by atoms with E-state index in [1.807, 2.05) is 0 Å². The molecule has 0 fully saturated rings. The van der Waals surface area contributed by atoms with Gasteiger partial charge in [0.05, 0.1) is 0 Å². The van der Waals surface area contributed by atoms with Gasteiger partial charge in [-0.15, -0.1) is 0 Å². The monoisotopic (exact) mass is 182 g/mol. The van der Waals surface area contributed by atoms with E-state index in [4.69, 9.17) is 10.5 Å². The third-order valence-corrected chi connectivity index (χ3v) is 1.22. The van der Waals surface area contributed by atoms with Gasteiger partial charge in [-0.3, -0.25) is 0 Å². The number of nitrogens with zero attached hydrogens (tertiary/aromatic N) is 3. The van der Waals surface area contributed by atoms with Crippen molar-refractivity contribution in [3.8, 4) is 5.88 Å². The molecule has 0 unspecified atom stereocenters. The van der Waals surface area contributed by atoms with Crippen LogP contribution in [-0.2, 0) is 0 Å². The van der Waals surface area contributed by atoms with Crippen LogP contribution in [0.25, 0.3) is 0 Å². The number of carbonyl (C=O) groups is 1. The summed E-state index contributed by atoms with van der Waals surface area (Å²) < 4.78 is 4.81. The maximum Gasteiger partial charge on any atom is 0.416 e. The van der Waals surface area contributed by atoms with Gasteiger partial charge in [-0.25, -0.2) is 14.8 Å². The van der Waals surface area contributed by atoms with Crippen molar-refractivity contribution in [2.75, 3.05) is 19.8 Å². The van der Waals surface area contributed by atoms with Gasteiger partial charge in [0.1, 0.15) is 12.1 Å². The van der Waals surface area contributed by atoms with Crippen LogP contribution in [0.3, 0.4) is 0 Å². The van der Waals surface area contributed by atoms with Crippen molar-refractivity contribution in [3.05, 3.63) is 12.4 Å². The first-order chi connectivity index (χ1) is 6.09. The molecule has 0 aliphatic heterocycles. The molecule has 1 rings (SSSR count). The van der Waals surface area contributed by atoms with Gasteiger partial charge < -0.3 is 15.4 Å². The normalized spacial score (nSPS) is 9.38. The molecule has 1 aromatic rings. The number of anilines is 1. The second-order valence-corrected chi connectivity index (χ2v) is 2.54. The maximum atomic E-state index is 11.0. The number of ether oxygens (including phenoxy) is 1. The summed E-state index contributed by atoms with van der Waals surface area (Å²) in [7, 11) is 3.15. The fraction of sp³-hybridized carbons (Fsp3) is 0.286. The van der Waals surface area contributed by atoms with Crippen molar-refractivity contribution in [2.45, 2.75) is 0 Å². The van der Waals surface area contributed by atoms with Crippen molar-refractivity contribution in [1.82, 2.24) is 14.9 Å². The molecule has 70 valence electrons. The molecule has 0 spiro atoms. The Hall–Kier alpha value is -1.85. The number of nitrogen functional groups attached to an aromatic ring is 1. The van der Waals surface area contributed by atoms with Gasteiger partial charge in [-0.2, -0.15) is 0 Å². The molecule has 0 aliphatic rings. The molecule has 0 radical (unpaired) electrons. The van der Waals surface area contributed by atoms with E-state index >= 15 is 0 Å². The second-order valence-electron chi connectivity index (χ2n) is 2.54. The second kappa shape index (κ2) is 3.70. The van der Waals surface area contributed by atoms with Gasteiger partial charge >= 0.3 is 6.09 Å². The Morgan fingerprint density at radius 2 is 2.23 bits per heavy atom. The van der Waals surface area contributed by atoms with Gasteiger partial charge in [0, 0.05) is 20.2 Å². The number of carbonyl (C=O) groups excluding carboxylic acids is 1. The van der Waals surface area contributed by atoms with Crippen LogP contribution >= 0.6 is 0 Å². The van der Waals surface area contributed by atoms with Crippen molar-refractivity contribution < 1.29 is 9.53 Å². The average Bonchev–Trinajstić information content (AvgIpc) is 2.04. The Bertz CT molecular complexity index is 313. The summed E-state index contributed by atoms with van der Waals surface area (Å²) in [6.45, 7) is 0. The highest BCUT2D eigenvalue weighted by Gasteiger charge is 2.07. The lowest BCUT2D eigenvalue weighted by Crippen LogP contribution is -2.25. The fourth-order valence-electron chi connectivity index (χ4n) is 0.590. The molecule has 1 heterocycles. The number of amides is 1. The van der Waals surface area contributed by atoms with Gasteiger partial charge in [-0.1, -0.05) is 0 Å². The third-order valence-electron chi connectivity index (χ3n) is 1.22. The molecule has 13 heavy (non-hydrogen) atoms. The first kappa shape index (κ1) is 9.24. The van der Waals surface area contributed by atoms with Crippen LogP contribution in [0.1, 0.15) is 0 Å². The van der Waals surface area contributed by atoms with Crippen LogP contribution in [0.4, 0.5) is 10.6 Å². The molecule has 2 N–H and O–H groups in total. The molecule has 1 amide bonds. The van der Waals surface area contributed by atoms with Crippen molar-refractivity contribution in [3.63, 3.8) is 0 Å². The quantitative estimate of drug-likeness (QED) is 0.667. The van der Waals surface area contributed by atoms with Crippen LogP contribution in [0.2, 0.25) is 0 Å². The Kier molecular flexibility index (Phi) is 2.63. The van der Waals surface area contributed by atoms with E-state index in [0.29, 0.717) is 0 Å². The molecule has 6 nitrogen and oxygen atoms in total. The first-order valence-electron chi connectivity index (χ1n) is 3.56. The minimum atomic E-state index is -0.502. The van der Waals surface area contributed by atoms with E-state index in [9.17, 15) is 4.79 Å². The van der Waals surface area contributed by atoms with Gasteiger partial charge in [-0.05, 0) is 0 Å². The number of hydrogen-bond acceptors (Lipinski definition) is 5. The smallest absolute Gasteiger partial charge is 0.391 e. The van der Waals surface area contributed by atoms with E-state index < -0.39 is 6.09 Å². The lowest BCUT2D eigenvalue weighted by Gasteiger charge is -2.09. The molecule has 6 heteroatoms. The summed E-state index contributed by atoms with van der Waals surface area (Å²) >= 11 is 0. The Morgan fingerprint density at radius 1 is 1.54 bits per heavy atom. The molecule has 0 aromatic carbocycles. The number of rotatable bonds is 1. The number of hydrogen-bond donors (Lipinski definition) is 1. The van der Waals surface area contributed by atoms with E-state index in [1.54, 1.807) is 14.1 Å². The average molecular weight is 182 g/mol. The minimum absolute atomic E-state index is 0.145. The standard InChI is InChI=1S/C7H10N4O2/c1-11(2)7(12)13-6-3-5(8)9-4-10-6/h3-4H,1-2H3,(H2,8,9,10). The van der Waals surface area contributed by atoms with E-state index in [1.165, 1.54) is 17.3 Å². The molecule has 0 atom stereocenters. The molecular weight excluding hydrogens is 172 g/mol. The summed E-state index contributed by atoms with van der Waals surface area (Å²) in [5.74, 6) is 0.405. The fourth-order valence-corrected chi connectivity index (χ4v) is 0.590. The first-order valence-corrected chi connectivity index (χ1v) is 3.56. The maximum absolute atomic E-state index is 11.0. The van der Waals surface area contributed by atoms with Gasteiger partial charge in [0.25, 0.3) is 0 Å². The predicted molar refractivity (Wildman–Crippen MR) is 46.2 cm³/mol. The zero-order chi connectivity index (χ0) is 9.84. The third kappa shape index (κ3) is 2.58. The molecule has 1 aromatic heterocycles. The van der Waals surface area contributed by atoms with Crippen molar-refractivity contribution in [2.24, 2.45) is 0 Å². The Labute approximate surface area is 75.3 Å². The molecule has 0 saturated carbocycles. The van der Waals surface area contributed by atoms with E-state index in [0.717, 1.165) is 0 Å². The molecule has 0 bridgehead atoms. The van der Waals surface area contributed by atoms with Crippen LogP contribution in [-0.4, -0.2) is 35.1 Å². The van der Waals surface area contributed by atoms with E-state index in [2.05, 4.69) is 9.97 Å². The largest absolute Gasteiger partial charge is 0.416 e. The van der Waals surface area contributed by atoms with Crippen LogP contribution in [0, 0.1) is 0 Å². The predicted octanol–water partition coefficient (Wildman–Crippen LogP) is 0.119. The number of aromatic nitrogens is 2. The van der Waals surface area contributed by atoms with E-state index in [-0.39, 0.29) is 11.7 Å². The summed E-state index contributed by atoms with van der Waals surface area (Å²) in [5.41, 5.74) is 5.35. The Balaban J connectivity index is 2.69. The highest BCUT2D eigenvalue weighted by atomic mass is 16.6. The topological polar surface area (TPSA) is 81.3 Å². The van der Waals surface area contributed by atoms with Gasteiger partial charge in [0.2, 0.25) is 5.88 Å². The Morgan fingerprint density at radius 3 is 2.77 bits per heavy atom. The lowest BCUT2D eigenvalue weighted by atomic mass is 10.6. The summed E-state index contributed by atoms with van der Waals surface area (Å²) in [4.78, 5) is 19.7. The zero-order valence-electron chi connectivity index (χ0n) is 7.39. The summed E-state index contributed by atoms with van der Waals surface area (Å²) in [5, 5.41) is 0. The van der Waals surface area contributed by atoms with Crippen LogP contribution in [0.15, 0.2) is 12.4 Å². The van der Waals surface area contributed by atoms with Crippen LogP contribution in [0.5, 0.6) is 5.88 Å². The highest BCUT2D eigenvalue weighted by Crippen LogP contribution is 2.08. The number of nitrogens with two attached hydrogens (primary N) is 1. The van der Waals surface area contributed by atoms with Crippen molar-refractivity contribution >= 4 is 11.9 Å². The van der Waals surface area contributed by atoms with Crippen LogP contribution < -0.4 is 10.5 Å².